The van der Waals surface area contributed by atoms with E-state index in [1.54, 1.807) is 13.8 Å². The minimum absolute atomic E-state index is 0.0889. The molecule has 1 aliphatic carbocycles. The molecule has 0 N–H and O–H groups in total. The summed E-state index contributed by atoms with van der Waals surface area (Å²) in [5.41, 5.74) is -0.155. The van der Waals surface area contributed by atoms with Crippen molar-refractivity contribution in [2.45, 2.75) is 35.9 Å². The maximum absolute atomic E-state index is 12.6. The first-order valence-electron chi connectivity index (χ1n) is 7.56. The number of ketones is 1. The number of hydrogen-bond donors (Lipinski definition) is 0. The number of nitrogens with zero attached hydrogens (tertiary/aromatic N) is 2. The van der Waals surface area contributed by atoms with E-state index < -0.39 is 25.2 Å². The molecule has 2 atom stereocenters. The third kappa shape index (κ3) is 3.82. The van der Waals surface area contributed by atoms with Crippen LogP contribution in [0.15, 0.2) is 45.2 Å². The van der Waals surface area contributed by atoms with Gasteiger partial charge in [-0.2, -0.15) is 12.8 Å². The molecule has 0 saturated carbocycles. The van der Waals surface area contributed by atoms with Gasteiger partial charge in [-0.1, -0.05) is 19.9 Å². The first kappa shape index (κ1) is 20.5. The summed E-state index contributed by atoms with van der Waals surface area (Å²) in [5.74, 6) is -0.590. The van der Waals surface area contributed by atoms with Crippen molar-refractivity contribution < 1.29 is 18.1 Å². The number of benzene rings is 1. The van der Waals surface area contributed by atoms with Crippen molar-refractivity contribution in [3.05, 3.63) is 46.0 Å². The second kappa shape index (κ2) is 7.09. The molecule has 7 nitrogen and oxygen atoms in total. The average Bonchev–Trinajstić information content (AvgIpc) is 2.55. The Labute approximate surface area is 160 Å². The number of rotatable bonds is 4. The van der Waals surface area contributed by atoms with Gasteiger partial charge in [0.05, 0.1) is 15.5 Å². The Hall–Kier alpha value is -1.77. The number of halogens is 2. The summed E-state index contributed by atoms with van der Waals surface area (Å²) < 4.78 is 28.9. The van der Waals surface area contributed by atoms with Crippen LogP contribution in [0.5, 0.6) is 0 Å². The van der Waals surface area contributed by atoms with E-state index in [2.05, 4.69) is 4.40 Å². The third-order valence-electron chi connectivity index (χ3n) is 3.95. The molecule has 0 bridgehead atoms. The Morgan fingerprint density at radius 2 is 1.96 bits per heavy atom. The maximum Gasteiger partial charge on any atom is 0.282 e. The van der Waals surface area contributed by atoms with Crippen LogP contribution in [0.25, 0.3) is 0 Å². The zero-order chi connectivity index (χ0) is 19.9. The summed E-state index contributed by atoms with van der Waals surface area (Å²) in [6, 6.07) is 4.51. The zero-order valence-corrected chi connectivity index (χ0v) is 16.5. The first-order chi connectivity index (χ1) is 11.9. The topological polar surface area (TPSA) is 107 Å². The Kier molecular flexibility index (Phi) is 5.60. The molecule has 1 aromatic carbocycles. The van der Waals surface area contributed by atoms with Gasteiger partial charge < -0.3 is 0 Å². The van der Waals surface area contributed by atoms with Crippen molar-refractivity contribution in [3.63, 3.8) is 0 Å². The van der Waals surface area contributed by atoms with Gasteiger partial charge in [-0.25, -0.2) is 0 Å². The van der Waals surface area contributed by atoms with Gasteiger partial charge in [0.2, 0.25) is 0 Å². The molecule has 0 spiro atoms. The molecule has 0 aliphatic heterocycles. The van der Waals surface area contributed by atoms with Gasteiger partial charge in [-0.3, -0.25) is 14.9 Å². The Morgan fingerprint density at radius 1 is 1.35 bits per heavy atom. The van der Waals surface area contributed by atoms with Gasteiger partial charge in [0.1, 0.15) is 10.3 Å². The summed E-state index contributed by atoms with van der Waals surface area (Å²) in [5, 5.41) is 9.67. The van der Waals surface area contributed by atoms with Crippen LogP contribution in [0.4, 0.5) is 5.69 Å². The predicted molar refractivity (Wildman–Crippen MR) is 99.5 cm³/mol. The average molecular weight is 419 g/mol. The molecule has 0 amide bonds. The molecular weight excluding hydrogens is 403 g/mol. The minimum Gasteiger partial charge on any atom is -0.293 e. The quantitative estimate of drug-likeness (QED) is 0.422. The first-order valence-corrected chi connectivity index (χ1v) is 9.82. The summed E-state index contributed by atoms with van der Waals surface area (Å²) in [7, 11) is -4.29. The fraction of sp³-hybridized carbons (Fsp3) is 0.375. The van der Waals surface area contributed by atoms with Crippen LogP contribution in [0, 0.1) is 16.0 Å². The van der Waals surface area contributed by atoms with Crippen LogP contribution in [0.3, 0.4) is 0 Å². The number of carbonyl (C=O) groups is 1. The lowest BCUT2D eigenvalue weighted by molar-refractivity contribution is -0.385. The van der Waals surface area contributed by atoms with Crippen LogP contribution in [0.1, 0.15) is 20.8 Å². The molecule has 2 rings (SSSR count). The van der Waals surface area contributed by atoms with E-state index in [1.165, 1.54) is 31.2 Å². The van der Waals surface area contributed by atoms with Crippen LogP contribution < -0.4 is 0 Å². The van der Waals surface area contributed by atoms with Crippen molar-refractivity contribution in [1.29, 1.82) is 0 Å². The largest absolute Gasteiger partial charge is 0.293 e. The van der Waals surface area contributed by atoms with Gasteiger partial charge in [0.15, 0.2) is 5.78 Å². The standard InChI is InChI=1S/C16H16Cl2N2O5S/c1-9(2)12-8-13(16(3,18)15(17)14(12)21)19-26(24,25)11-6-4-5-10(7-11)20(22)23/h4-9,15H,1-3H3/b19-13+. The van der Waals surface area contributed by atoms with Crippen LogP contribution in [-0.4, -0.2) is 35.1 Å². The van der Waals surface area contributed by atoms with Gasteiger partial charge in [-0.15, -0.1) is 23.2 Å². The van der Waals surface area contributed by atoms with Crippen LogP contribution in [0.2, 0.25) is 0 Å². The van der Waals surface area contributed by atoms with E-state index >= 15 is 0 Å². The second-order valence-electron chi connectivity index (χ2n) is 6.26. The molecule has 0 radical (unpaired) electrons. The van der Waals surface area contributed by atoms with Gasteiger partial charge in [0, 0.05) is 17.7 Å². The maximum atomic E-state index is 12.6. The fourth-order valence-electron chi connectivity index (χ4n) is 2.39. The number of nitro benzene ring substituents is 1. The van der Waals surface area contributed by atoms with Crippen molar-refractivity contribution in [1.82, 2.24) is 0 Å². The third-order valence-corrected chi connectivity index (χ3v) is 6.40. The zero-order valence-electron chi connectivity index (χ0n) is 14.1. The van der Waals surface area contributed by atoms with Crippen LogP contribution in [-0.2, 0) is 14.8 Å². The van der Waals surface area contributed by atoms with Crippen molar-refractivity contribution in [3.8, 4) is 0 Å². The molecule has 1 aliphatic rings. The van der Waals surface area contributed by atoms with Crippen molar-refractivity contribution in [2.24, 2.45) is 10.3 Å². The highest BCUT2D eigenvalue weighted by Crippen LogP contribution is 2.36. The normalized spacial score (nSPS) is 25.5. The molecule has 0 fully saturated rings. The SMILES string of the molecule is CC(C)C1=C/C(=N\S(=O)(=O)c2cccc([N+](=O)[O-])c2)C(C)(Cl)C(Cl)C1=O. The molecule has 10 heteroatoms. The highest BCUT2D eigenvalue weighted by molar-refractivity contribution is 7.90. The Morgan fingerprint density at radius 3 is 2.50 bits per heavy atom. The molecule has 0 heterocycles. The van der Waals surface area contributed by atoms with Gasteiger partial charge >= 0.3 is 0 Å². The number of nitro groups is 1. The number of carbonyl (C=O) groups excluding carboxylic acids is 1. The minimum atomic E-state index is -4.29. The molecule has 26 heavy (non-hydrogen) atoms. The number of hydrogen-bond acceptors (Lipinski definition) is 5. The van der Waals surface area contributed by atoms with Crippen molar-refractivity contribution >= 4 is 50.4 Å². The second-order valence-corrected chi connectivity index (χ2v) is 9.09. The van der Waals surface area contributed by atoms with E-state index in [0.29, 0.717) is 5.57 Å². The highest BCUT2D eigenvalue weighted by atomic mass is 35.5. The van der Waals surface area contributed by atoms with E-state index in [4.69, 9.17) is 23.2 Å². The number of allylic oxidation sites excluding steroid dienone is 2. The summed E-state index contributed by atoms with van der Waals surface area (Å²) in [6.45, 7) is 4.92. The Bertz CT molecular complexity index is 936. The number of alkyl halides is 2. The molecule has 0 aromatic heterocycles. The molecule has 2 unspecified atom stereocenters. The summed E-state index contributed by atoms with van der Waals surface area (Å²) >= 11 is 12.5. The molecule has 1 aromatic rings. The van der Waals surface area contributed by atoms with E-state index in [0.717, 1.165) is 6.07 Å². The highest BCUT2D eigenvalue weighted by Gasteiger charge is 2.46. The van der Waals surface area contributed by atoms with Crippen LogP contribution >= 0.6 is 23.2 Å². The van der Waals surface area contributed by atoms with E-state index in [1.807, 2.05) is 0 Å². The van der Waals surface area contributed by atoms with E-state index in [-0.39, 0.29) is 28.0 Å². The van der Waals surface area contributed by atoms with Crippen molar-refractivity contribution in [2.75, 3.05) is 0 Å². The molecule has 0 saturated heterocycles. The summed E-state index contributed by atoms with van der Waals surface area (Å²) in [6.07, 6.45) is 1.33. The number of Topliss-reactive ketones (excluding diaryl/α,β-unsaturated/α-hetero) is 1. The lowest BCUT2D eigenvalue weighted by Gasteiger charge is -2.32. The lowest BCUT2D eigenvalue weighted by atomic mass is 9.83. The van der Waals surface area contributed by atoms with Gasteiger partial charge in [0.25, 0.3) is 15.7 Å². The predicted octanol–water partition coefficient (Wildman–Crippen LogP) is 3.49. The molecule has 140 valence electrons. The number of non-ortho nitro benzene ring substituents is 1. The van der Waals surface area contributed by atoms with Gasteiger partial charge in [-0.05, 0) is 25.0 Å². The smallest absolute Gasteiger partial charge is 0.282 e. The van der Waals surface area contributed by atoms with E-state index in [9.17, 15) is 23.3 Å². The number of sulfonamides is 1. The fourth-order valence-corrected chi connectivity index (χ4v) is 4.00. The summed E-state index contributed by atoms with van der Waals surface area (Å²) in [4.78, 5) is 20.6. The molecular formula is C16H16Cl2N2O5S. The lowest BCUT2D eigenvalue weighted by Crippen LogP contribution is -2.47. The monoisotopic (exact) mass is 418 g/mol. The Balaban J connectivity index is 2.63.